The summed E-state index contributed by atoms with van der Waals surface area (Å²) >= 11 is 0. The second-order valence-electron chi connectivity index (χ2n) is 6.23. The van der Waals surface area contributed by atoms with E-state index in [1.807, 2.05) is 30.5 Å². The zero-order valence-electron chi connectivity index (χ0n) is 13.8. The van der Waals surface area contributed by atoms with Gasteiger partial charge in [0, 0.05) is 17.0 Å². The lowest BCUT2D eigenvalue weighted by atomic mass is 10.0. The van der Waals surface area contributed by atoms with Crippen molar-refractivity contribution in [2.24, 2.45) is 0 Å². The van der Waals surface area contributed by atoms with Gasteiger partial charge in [0.2, 0.25) is 0 Å². The van der Waals surface area contributed by atoms with E-state index in [2.05, 4.69) is 40.3 Å². The molecule has 0 saturated carbocycles. The minimum atomic E-state index is -0.00900. The highest BCUT2D eigenvalue weighted by Crippen LogP contribution is 2.28. The van der Waals surface area contributed by atoms with Crippen LogP contribution in [0.15, 0.2) is 60.8 Å². The molecule has 0 amide bonds. The number of aliphatic hydroxyl groups excluding tert-OH is 1. The van der Waals surface area contributed by atoms with Crippen molar-refractivity contribution < 1.29 is 5.11 Å². The quantitative estimate of drug-likeness (QED) is 0.561. The van der Waals surface area contributed by atoms with E-state index >= 15 is 0 Å². The van der Waals surface area contributed by atoms with E-state index in [0.29, 0.717) is 5.82 Å². The molecule has 0 unspecified atom stereocenters. The Morgan fingerprint density at radius 3 is 2.44 bits per heavy atom. The summed E-state index contributed by atoms with van der Waals surface area (Å²) in [4.78, 5) is 8.99. The number of rotatable bonds is 4. The van der Waals surface area contributed by atoms with Crippen molar-refractivity contribution in [2.75, 3.05) is 5.73 Å². The maximum atomic E-state index is 9.33. The first-order valence-corrected chi connectivity index (χ1v) is 8.36. The molecule has 4 aromatic rings. The number of hydrogen-bond donors (Lipinski definition) is 2. The first-order valence-electron chi connectivity index (χ1n) is 8.36. The Kier molecular flexibility index (Phi) is 4.04. The third-order valence-electron chi connectivity index (χ3n) is 4.51. The molecular formula is C21H19N3O. The van der Waals surface area contributed by atoms with Crippen LogP contribution in [0.5, 0.6) is 0 Å². The Hall–Kier alpha value is -2.98. The fraction of sp³-hybridized carbons (Fsp3) is 0.143. The molecule has 2 aromatic carbocycles. The zero-order chi connectivity index (χ0) is 17.2. The molecule has 0 atom stereocenters. The Morgan fingerprint density at radius 1 is 0.840 bits per heavy atom. The maximum Gasteiger partial charge on any atom is 0.150 e. The molecule has 0 saturated heterocycles. The van der Waals surface area contributed by atoms with Crippen molar-refractivity contribution in [3.05, 3.63) is 77.5 Å². The molecule has 0 bridgehead atoms. The average molecular weight is 329 g/mol. The maximum absolute atomic E-state index is 9.33. The summed E-state index contributed by atoms with van der Waals surface area (Å²) in [6.07, 6.45) is 3.78. The monoisotopic (exact) mass is 329 g/mol. The second kappa shape index (κ2) is 6.49. The predicted molar refractivity (Wildman–Crippen MR) is 101 cm³/mol. The SMILES string of the molecule is Nc1nc2cc(CO)ccc2c2cc(CCc3ccccc3)cnc12. The standard InChI is InChI=1S/C21H19N3O/c22-21-20-18(17-9-8-16(13-25)11-19(17)24-21)10-15(12-23-20)7-6-14-4-2-1-3-5-14/h1-5,8-12,25H,6-7,13H2,(H2,22,24). The summed E-state index contributed by atoms with van der Waals surface area (Å²) in [5.41, 5.74) is 10.9. The molecule has 0 spiro atoms. The molecule has 3 N–H and O–H groups in total. The minimum Gasteiger partial charge on any atom is -0.392 e. The highest BCUT2D eigenvalue weighted by atomic mass is 16.3. The lowest BCUT2D eigenvalue weighted by molar-refractivity contribution is 0.282. The van der Waals surface area contributed by atoms with Crippen molar-refractivity contribution in [3.63, 3.8) is 0 Å². The van der Waals surface area contributed by atoms with Crippen molar-refractivity contribution in [3.8, 4) is 0 Å². The number of nitrogen functional groups attached to an aromatic ring is 1. The highest BCUT2D eigenvalue weighted by Gasteiger charge is 2.09. The fourth-order valence-corrected chi connectivity index (χ4v) is 3.17. The number of anilines is 1. The van der Waals surface area contributed by atoms with Gasteiger partial charge in [-0.25, -0.2) is 4.98 Å². The first-order chi connectivity index (χ1) is 12.2. The minimum absolute atomic E-state index is 0.00900. The molecule has 0 fully saturated rings. The number of benzene rings is 2. The third kappa shape index (κ3) is 3.04. The molecule has 0 aliphatic heterocycles. The van der Waals surface area contributed by atoms with Gasteiger partial charge >= 0.3 is 0 Å². The lowest BCUT2D eigenvalue weighted by Crippen LogP contribution is -1.98. The van der Waals surface area contributed by atoms with Crippen molar-refractivity contribution in [1.29, 1.82) is 0 Å². The van der Waals surface area contributed by atoms with Crippen LogP contribution in [0.1, 0.15) is 16.7 Å². The van der Waals surface area contributed by atoms with Gasteiger partial charge < -0.3 is 10.8 Å². The summed E-state index contributed by atoms with van der Waals surface area (Å²) < 4.78 is 0. The van der Waals surface area contributed by atoms with Gasteiger partial charge in [0.15, 0.2) is 5.82 Å². The molecule has 0 radical (unpaired) electrons. The van der Waals surface area contributed by atoms with E-state index in [9.17, 15) is 5.11 Å². The van der Waals surface area contributed by atoms with Gasteiger partial charge in [-0.05, 0) is 41.7 Å². The van der Waals surface area contributed by atoms with E-state index in [-0.39, 0.29) is 6.61 Å². The lowest BCUT2D eigenvalue weighted by Gasteiger charge is -2.09. The van der Waals surface area contributed by atoms with Crippen molar-refractivity contribution in [1.82, 2.24) is 9.97 Å². The second-order valence-corrected chi connectivity index (χ2v) is 6.23. The average Bonchev–Trinajstić information content (AvgIpc) is 2.66. The Bertz CT molecular complexity index is 1050. The highest BCUT2D eigenvalue weighted by molar-refractivity contribution is 6.08. The van der Waals surface area contributed by atoms with E-state index < -0.39 is 0 Å². The number of nitrogens with two attached hydrogens (primary N) is 1. The summed E-state index contributed by atoms with van der Waals surface area (Å²) in [7, 11) is 0. The number of aromatic nitrogens is 2. The predicted octanol–water partition coefficient (Wildman–Crippen LogP) is 3.64. The molecule has 4 heteroatoms. The number of aliphatic hydroxyl groups is 1. The molecule has 0 aliphatic rings. The summed E-state index contributed by atoms with van der Waals surface area (Å²) in [6, 6.07) is 18.4. The van der Waals surface area contributed by atoms with E-state index in [0.717, 1.165) is 40.2 Å². The smallest absolute Gasteiger partial charge is 0.150 e. The van der Waals surface area contributed by atoms with Gasteiger partial charge in [0.1, 0.15) is 5.52 Å². The van der Waals surface area contributed by atoms with Crippen molar-refractivity contribution >= 4 is 27.6 Å². The van der Waals surface area contributed by atoms with Crippen molar-refractivity contribution in [2.45, 2.75) is 19.4 Å². The van der Waals surface area contributed by atoms with Crippen LogP contribution < -0.4 is 5.73 Å². The van der Waals surface area contributed by atoms with Gasteiger partial charge in [-0.15, -0.1) is 0 Å². The van der Waals surface area contributed by atoms with Gasteiger partial charge in [-0.2, -0.15) is 0 Å². The normalized spacial score (nSPS) is 11.2. The third-order valence-corrected chi connectivity index (χ3v) is 4.51. The molecule has 2 heterocycles. The summed E-state index contributed by atoms with van der Waals surface area (Å²) in [5.74, 6) is 0.423. The van der Waals surface area contributed by atoms with Crippen LogP contribution in [0.3, 0.4) is 0 Å². The fourth-order valence-electron chi connectivity index (χ4n) is 3.17. The summed E-state index contributed by atoms with van der Waals surface area (Å²) in [5, 5.41) is 11.4. The topological polar surface area (TPSA) is 72.0 Å². The van der Waals surface area contributed by atoms with E-state index in [1.165, 1.54) is 11.1 Å². The Labute approximate surface area is 146 Å². The molecular weight excluding hydrogens is 310 g/mol. The van der Waals surface area contributed by atoms with Crippen LogP contribution in [-0.4, -0.2) is 15.1 Å². The molecule has 124 valence electrons. The largest absolute Gasteiger partial charge is 0.392 e. The Balaban J connectivity index is 1.76. The van der Waals surface area contributed by atoms with Crippen LogP contribution >= 0.6 is 0 Å². The van der Waals surface area contributed by atoms with Crippen LogP contribution in [0, 0.1) is 0 Å². The molecule has 4 rings (SSSR count). The number of hydrogen-bond acceptors (Lipinski definition) is 4. The summed E-state index contributed by atoms with van der Waals surface area (Å²) in [6.45, 7) is -0.00900. The molecule has 0 aliphatic carbocycles. The van der Waals surface area contributed by atoms with E-state index in [1.54, 1.807) is 0 Å². The van der Waals surface area contributed by atoms with Gasteiger partial charge in [0.05, 0.1) is 12.1 Å². The molecule has 2 aromatic heterocycles. The molecule has 4 nitrogen and oxygen atoms in total. The van der Waals surface area contributed by atoms with Gasteiger partial charge in [-0.3, -0.25) is 4.98 Å². The van der Waals surface area contributed by atoms with Crippen LogP contribution in [-0.2, 0) is 19.4 Å². The van der Waals surface area contributed by atoms with Crippen LogP contribution in [0.25, 0.3) is 21.8 Å². The van der Waals surface area contributed by atoms with Gasteiger partial charge in [0.25, 0.3) is 0 Å². The van der Waals surface area contributed by atoms with Crippen LogP contribution in [0.2, 0.25) is 0 Å². The Morgan fingerprint density at radius 2 is 1.64 bits per heavy atom. The number of aryl methyl sites for hydroxylation is 2. The first kappa shape index (κ1) is 15.5. The van der Waals surface area contributed by atoms with Crippen LogP contribution in [0.4, 0.5) is 5.82 Å². The van der Waals surface area contributed by atoms with E-state index in [4.69, 9.17) is 5.73 Å². The zero-order valence-corrected chi connectivity index (χ0v) is 13.8. The number of pyridine rings is 2. The molecule has 25 heavy (non-hydrogen) atoms. The number of fused-ring (bicyclic) bond motifs is 3. The van der Waals surface area contributed by atoms with Gasteiger partial charge in [-0.1, -0.05) is 42.5 Å². The number of nitrogens with zero attached hydrogens (tertiary/aromatic N) is 2.